The predicted octanol–water partition coefficient (Wildman–Crippen LogP) is 3.37. The van der Waals surface area contributed by atoms with Crippen LogP contribution in [0.25, 0.3) is 0 Å². The summed E-state index contributed by atoms with van der Waals surface area (Å²) in [5.41, 5.74) is 0.142. The van der Waals surface area contributed by atoms with Gasteiger partial charge in [-0.1, -0.05) is 32.1 Å². The highest BCUT2D eigenvalue weighted by Gasteiger charge is 2.17. The molecule has 1 amide bonds. The van der Waals surface area contributed by atoms with E-state index in [1.165, 1.54) is 31.4 Å². The quantitative estimate of drug-likeness (QED) is 0.861. The molecule has 4 heteroatoms. The van der Waals surface area contributed by atoms with Crippen molar-refractivity contribution in [2.45, 2.75) is 51.0 Å². The van der Waals surface area contributed by atoms with Crippen LogP contribution < -0.4 is 5.32 Å². The third-order valence-electron chi connectivity index (χ3n) is 3.64. The second-order valence-corrected chi connectivity index (χ2v) is 5.18. The molecule has 2 N–H and O–H groups in total. The van der Waals surface area contributed by atoms with E-state index in [1.54, 1.807) is 0 Å². The predicted molar refractivity (Wildman–Crippen MR) is 71.6 cm³/mol. The number of nitrogens with one attached hydrogen (secondary N) is 1. The Morgan fingerprint density at radius 3 is 2.42 bits per heavy atom. The number of amides is 1. The molecule has 0 unspecified atom stereocenters. The van der Waals surface area contributed by atoms with Gasteiger partial charge in [0, 0.05) is 12.1 Å². The van der Waals surface area contributed by atoms with Gasteiger partial charge >= 0.3 is 0 Å². The van der Waals surface area contributed by atoms with Gasteiger partial charge in [-0.05, 0) is 25.0 Å². The standard InChI is InChI=1S/C15H20FNO2/c16-11-8-9-13(14(18)10-11)15(19)17-12-6-4-2-1-3-5-7-12/h8-10,12,18H,1-7H2,(H,17,19). The van der Waals surface area contributed by atoms with Crippen LogP contribution in [0.15, 0.2) is 18.2 Å². The van der Waals surface area contributed by atoms with Crippen LogP contribution in [-0.4, -0.2) is 17.1 Å². The highest BCUT2D eigenvalue weighted by molar-refractivity contribution is 5.96. The summed E-state index contributed by atoms with van der Waals surface area (Å²) in [7, 11) is 0. The van der Waals surface area contributed by atoms with Crippen LogP contribution in [0.1, 0.15) is 55.3 Å². The number of hydrogen-bond acceptors (Lipinski definition) is 2. The lowest BCUT2D eigenvalue weighted by Gasteiger charge is -2.21. The van der Waals surface area contributed by atoms with Crippen molar-refractivity contribution >= 4 is 5.91 Å². The third-order valence-corrected chi connectivity index (χ3v) is 3.64. The summed E-state index contributed by atoms with van der Waals surface area (Å²) in [4.78, 5) is 12.0. The smallest absolute Gasteiger partial charge is 0.255 e. The van der Waals surface area contributed by atoms with Gasteiger partial charge < -0.3 is 10.4 Å². The van der Waals surface area contributed by atoms with Crippen LogP contribution in [-0.2, 0) is 0 Å². The first-order valence-electron chi connectivity index (χ1n) is 6.96. The zero-order valence-corrected chi connectivity index (χ0v) is 11.0. The second kappa shape index (κ2) is 6.55. The molecule has 0 heterocycles. The van der Waals surface area contributed by atoms with Crippen molar-refractivity contribution in [3.8, 4) is 5.75 Å². The number of carbonyl (C=O) groups is 1. The fourth-order valence-electron chi connectivity index (χ4n) is 2.56. The number of halogens is 1. The lowest BCUT2D eigenvalue weighted by molar-refractivity contribution is 0.0927. The maximum absolute atomic E-state index is 12.9. The molecule has 1 saturated carbocycles. The first-order valence-corrected chi connectivity index (χ1v) is 6.96. The molecule has 1 aromatic rings. The van der Waals surface area contributed by atoms with E-state index in [-0.39, 0.29) is 23.3 Å². The largest absolute Gasteiger partial charge is 0.507 e. The molecule has 104 valence electrons. The molecular formula is C15H20FNO2. The maximum Gasteiger partial charge on any atom is 0.255 e. The van der Waals surface area contributed by atoms with E-state index in [0.717, 1.165) is 31.7 Å². The Morgan fingerprint density at radius 1 is 1.16 bits per heavy atom. The van der Waals surface area contributed by atoms with Gasteiger partial charge in [-0.2, -0.15) is 0 Å². The molecule has 0 aliphatic heterocycles. The van der Waals surface area contributed by atoms with Gasteiger partial charge in [0.25, 0.3) is 5.91 Å². The molecule has 2 rings (SSSR count). The average Bonchev–Trinajstić information content (AvgIpc) is 2.32. The Labute approximate surface area is 112 Å². The summed E-state index contributed by atoms with van der Waals surface area (Å²) in [6, 6.07) is 3.64. The molecule has 3 nitrogen and oxygen atoms in total. The van der Waals surface area contributed by atoms with Crippen molar-refractivity contribution in [2.24, 2.45) is 0 Å². The van der Waals surface area contributed by atoms with Crippen LogP contribution >= 0.6 is 0 Å². The first-order chi connectivity index (χ1) is 9.16. The molecule has 1 aliphatic rings. The van der Waals surface area contributed by atoms with E-state index in [9.17, 15) is 14.3 Å². The van der Waals surface area contributed by atoms with Crippen molar-refractivity contribution in [3.05, 3.63) is 29.6 Å². The third kappa shape index (κ3) is 3.94. The van der Waals surface area contributed by atoms with Gasteiger partial charge in [-0.3, -0.25) is 4.79 Å². The number of rotatable bonds is 2. The minimum Gasteiger partial charge on any atom is -0.507 e. The fourth-order valence-corrected chi connectivity index (χ4v) is 2.56. The van der Waals surface area contributed by atoms with E-state index in [1.807, 2.05) is 0 Å². The van der Waals surface area contributed by atoms with Crippen molar-refractivity contribution in [1.82, 2.24) is 5.32 Å². The minimum atomic E-state index is -0.542. The summed E-state index contributed by atoms with van der Waals surface area (Å²) >= 11 is 0. The number of phenols is 1. The van der Waals surface area contributed by atoms with Crippen LogP contribution in [0.3, 0.4) is 0 Å². The maximum atomic E-state index is 12.9. The van der Waals surface area contributed by atoms with Crippen molar-refractivity contribution in [2.75, 3.05) is 0 Å². The molecule has 0 atom stereocenters. The number of hydrogen-bond donors (Lipinski definition) is 2. The Morgan fingerprint density at radius 2 is 1.79 bits per heavy atom. The second-order valence-electron chi connectivity index (χ2n) is 5.18. The van der Waals surface area contributed by atoms with Gasteiger partial charge in [0.1, 0.15) is 11.6 Å². The van der Waals surface area contributed by atoms with Crippen molar-refractivity contribution in [3.63, 3.8) is 0 Å². The van der Waals surface area contributed by atoms with Crippen molar-refractivity contribution < 1.29 is 14.3 Å². The normalized spacial score (nSPS) is 17.5. The summed E-state index contributed by atoms with van der Waals surface area (Å²) in [6.45, 7) is 0. The summed E-state index contributed by atoms with van der Waals surface area (Å²) < 4.78 is 12.9. The molecule has 0 aromatic heterocycles. The van der Waals surface area contributed by atoms with Gasteiger partial charge in [-0.25, -0.2) is 4.39 Å². The fraction of sp³-hybridized carbons (Fsp3) is 0.533. The van der Waals surface area contributed by atoms with Crippen molar-refractivity contribution in [1.29, 1.82) is 0 Å². The van der Waals surface area contributed by atoms with Crippen LogP contribution in [0.5, 0.6) is 5.75 Å². The van der Waals surface area contributed by atoms with E-state index >= 15 is 0 Å². The van der Waals surface area contributed by atoms with E-state index in [4.69, 9.17) is 0 Å². The number of benzene rings is 1. The average molecular weight is 265 g/mol. The van der Waals surface area contributed by atoms with Gasteiger partial charge in [-0.15, -0.1) is 0 Å². The van der Waals surface area contributed by atoms with Gasteiger partial charge in [0.05, 0.1) is 5.56 Å². The SMILES string of the molecule is O=C(NC1CCCCCCC1)c1ccc(F)cc1O. The molecule has 1 fully saturated rings. The molecule has 0 radical (unpaired) electrons. The summed E-state index contributed by atoms with van der Waals surface area (Å²) in [5.74, 6) is -1.16. The van der Waals surface area contributed by atoms with Gasteiger partial charge in [0.15, 0.2) is 0 Å². The number of carbonyl (C=O) groups excluding carboxylic acids is 1. The molecule has 0 spiro atoms. The summed E-state index contributed by atoms with van der Waals surface area (Å²) in [5, 5.41) is 12.5. The van der Waals surface area contributed by atoms with Gasteiger partial charge in [0.2, 0.25) is 0 Å². The monoisotopic (exact) mass is 265 g/mol. The highest BCUT2D eigenvalue weighted by Crippen LogP contribution is 2.20. The Balaban J connectivity index is 1.99. The lowest BCUT2D eigenvalue weighted by atomic mass is 9.96. The molecule has 19 heavy (non-hydrogen) atoms. The van der Waals surface area contributed by atoms with Crippen LogP contribution in [0.4, 0.5) is 4.39 Å². The topological polar surface area (TPSA) is 49.3 Å². The van der Waals surface area contributed by atoms with E-state index in [2.05, 4.69) is 5.32 Å². The minimum absolute atomic E-state index is 0.142. The Kier molecular flexibility index (Phi) is 4.77. The number of aromatic hydroxyl groups is 1. The molecule has 1 aromatic carbocycles. The number of phenolic OH excluding ortho intramolecular Hbond substituents is 1. The summed E-state index contributed by atoms with van der Waals surface area (Å²) in [6.07, 6.45) is 7.92. The molecule has 0 bridgehead atoms. The lowest BCUT2D eigenvalue weighted by Crippen LogP contribution is -2.35. The Bertz CT molecular complexity index is 440. The molecule has 0 saturated heterocycles. The van der Waals surface area contributed by atoms with Crippen LogP contribution in [0, 0.1) is 5.82 Å². The zero-order valence-electron chi connectivity index (χ0n) is 11.0. The molecular weight excluding hydrogens is 245 g/mol. The first kappa shape index (κ1) is 13.8. The zero-order chi connectivity index (χ0) is 13.7. The highest BCUT2D eigenvalue weighted by atomic mass is 19.1. The van der Waals surface area contributed by atoms with E-state index in [0.29, 0.717) is 0 Å². The molecule has 1 aliphatic carbocycles. The van der Waals surface area contributed by atoms with E-state index < -0.39 is 5.82 Å². The van der Waals surface area contributed by atoms with Crippen LogP contribution in [0.2, 0.25) is 0 Å². The Hall–Kier alpha value is -1.58.